The molecule has 190 valence electrons. The van der Waals surface area contributed by atoms with Crippen molar-refractivity contribution in [2.45, 2.75) is 143 Å². The maximum atomic E-state index is 11.9. The van der Waals surface area contributed by atoms with E-state index in [9.17, 15) is 4.79 Å². The highest BCUT2D eigenvalue weighted by molar-refractivity contribution is 5.75. The summed E-state index contributed by atoms with van der Waals surface area (Å²) in [5.74, 6) is 0.241. The SMILES string of the molecule is CCCCCCCC/C=C\CCCCCCCCCCCC(=O)NCCCN(CC)CC. The fourth-order valence-corrected chi connectivity index (χ4v) is 4.22. The molecular formula is C29H58N2O. The molecule has 0 heterocycles. The van der Waals surface area contributed by atoms with Crippen molar-refractivity contribution in [1.29, 1.82) is 0 Å². The van der Waals surface area contributed by atoms with E-state index in [4.69, 9.17) is 0 Å². The van der Waals surface area contributed by atoms with Gasteiger partial charge in [0, 0.05) is 13.0 Å². The van der Waals surface area contributed by atoms with E-state index in [0.29, 0.717) is 6.42 Å². The fraction of sp³-hybridized carbons (Fsp3) is 0.897. The van der Waals surface area contributed by atoms with Crippen molar-refractivity contribution >= 4 is 5.91 Å². The maximum Gasteiger partial charge on any atom is 0.219 e. The van der Waals surface area contributed by atoms with Crippen LogP contribution in [0, 0.1) is 0 Å². The molecule has 32 heavy (non-hydrogen) atoms. The lowest BCUT2D eigenvalue weighted by atomic mass is 10.1. The number of carbonyl (C=O) groups is 1. The second-order valence-corrected chi connectivity index (χ2v) is 9.48. The van der Waals surface area contributed by atoms with Crippen LogP contribution in [0.3, 0.4) is 0 Å². The topological polar surface area (TPSA) is 32.3 Å². The van der Waals surface area contributed by atoms with E-state index >= 15 is 0 Å². The lowest BCUT2D eigenvalue weighted by Gasteiger charge is -2.17. The first-order chi connectivity index (χ1) is 15.7. The van der Waals surface area contributed by atoms with Crippen molar-refractivity contribution in [3.05, 3.63) is 12.2 Å². The molecule has 0 unspecified atom stereocenters. The standard InChI is InChI=1S/C29H58N2O/c1-4-7-8-9-10-11-12-13-14-15-16-17-18-19-20-21-22-23-24-26-29(32)30-27-25-28-31(5-2)6-3/h13-14H,4-12,15-28H2,1-3H3,(H,30,32)/b14-13-. The Hall–Kier alpha value is -0.830. The Morgan fingerprint density at radius 2 is 1.09 bits per heavy atom. The Labute approximate surface area is 202 Å². The zero-order chi connectivity index (χ0) is 23.5. The summed E-state index contributed by atoms with van der Waals surface area (Å²) in [6.45, 7) is 10.8. The summed E-state index contributed by atoms with van der Waals surface area (Å²) >= 11 is 0. The van der Waals surface area contributed by atoms with Gasteiger partial charge in [-0.15, -0.1) is 0 Å². The maximum absolute atomic E-state index is 11.9. The van der Waals surface area contributed by atoms with Crippen LogP contribution in [0.4, 0.5) is 0 Å². The number of nitrogens with zero attached hydrogens (tertiary/aromatic N) is 1. The van der Waals surface area contributed by atoms with Crippen molar-refractivity contribution in [3.8, 4) is 0 Å². The molecule has 0 aliphatic heterocycles. The molecule has 0 rings (SSSR count). The summed E-state index contributed by atoms with van der Waals surface area (Å²) < 4.78 is 0. The van der Waals surface area contributed by atoms with Gasteiger partial charge in [-0.1, -0.05) is 110 Å². The fourth-order valence-electron chi connectivity index (χ4n) is 4.22. The van der Waals surface area contributed by atoms with E-state index < -0.39 is 0 Å². The number of hydrogen-bond acceptors (Lipinski definition) is 2. The number of nitrogens with one attached hydrogen (secondary N) is 1. The normalized spacial score (nSPS) is 11.6. The first-order valence-corrected chi connectivity index (χ1v) is 14.4. The first-order valence-electron chi connectivity index (χ1n) is 14.4. The molecule has 1 N–H and O–H groups in total. The highest BCUT2D eigenvalue weighted by Gasteiger charge is 2.02. The molecule has 0 bridgehead atoms. The molecule has 0 aliphatic rings. The van der Waals surface area contributed by atoms with Crippen LogP contribution in [0.5, 0.6) is 0 Å². The predicted molar refractivity (Wildman–Crippen MR) is 143 cm³/mol. The molecule has 3 heteroatoms. The lowest BCUT2D eigenvalue weighted by Crippen LogP contribution is -2.29. The minimum Gasteiger partial charge on any atom is -0.356 e. The van der Waals surface area contributed by atoms with Crippen molar-refractivity contribution in [2.75, 3.05) is 26.2 Å². The third-order valence-corrected chi connectivity index (χ3v) is 6.53. The molecule has 0 aromatic rings. The number of rotatable bonds is 25. The molecule has 0 aromatic carbocycles. The molecule has 0 radical (unpaired) electrons. The Morgan fingerprint density at radius 3 is 1.59 bits per heavy atom. The van der Waals surface area contributed by atoms with Crippen molar-refractivity contribution in [3.63, 3.8) is 0 Å². The second kappa shape index (κ2) is 26.4. The van der Waals surface area contributed by atoms with Gasteiger partial charge in [-0.3, -0.25) is 4.79 Å². The van der Waals surface area contributed by atoms with Crippen molar-refractivity contribution in [1.82, 2.24) is 10.2 Å². The molecule has 0 saturated carbocycles. The molecule has 0 saturated heterocycles. The summed E-state index contributed by atoms with van der Waals surface area (Å²) in [5, 5.41) is 3.07. The van der Waals surface area contributed by atoms with Gasteiger partial charge in [-0.2, -0.15) is 0 Å². The van der Waals surface area contributed by atoms with Crippen LogP contribution in [-0.2, 0) is 4.79 Å². The van der Waals surface area contributed by atoms with Gasteiger partial charge in [-0.05, 0) is 58.2 Å². The van der Waals surface area contributed by atoms with Crippen LogP contribution in [-0.4, -0.2) is 37.0 Å². The third-order valence-electron chi connectivity index (χ3n) is 6.53. The van der Waals surface area contributed by atoms with Gasteiger partial charge in [0.15, 0.2) is 0 Å². The molecule has 1 amide bonds. The predicted octanol–water partition coefficient (Wildman–Crippen LogP) is 8.43. The summed E-state index contributed by atoms with van der Waals surface area (Å²) in [4.78, 5) is 14.3. The largest absolute Gasteiger partial charge is 0.356 e. The number of carbonyl (C=O) groups excluding carboxylic acids is 1. The number of amides is 1. The average molecular weight is 451 g/mol. The van der Waals surface area contributed by atoms with Gasteiger partial charge in [0.05, 0.1) is 0 Å². The van der Waals surface area contributed by atoms with Crippen LogP contribution < -0.4 is 5.32 Å². The summed E-state index contributed by atoms with van der Waals surface area (Å²) in [6.07, 6.45) is 29.3. The third kappa shape index (κ3) is 23.8. The Bertz CT molecular complexity index is 404. The summed E-state index contributed by atoms with van der Waals surface area (Å²) in [5.41, 5.74) is 0. The van der Waals surface area contributed by atoms with E-state index in [0.717, 1.165) is 39.0 Å². The second-order valence-electron chi connectivity index (χ2n) is 9.48. The molecule has 0 fully saturated rings. The zero-order valence-corrected chi connectivity index (χ0v) is 22.3. The molecule has 0 aromatic heterocycles. The van der Waals surface area contributed by atoms with Crippen molar-refractivity contribution in [2.24, 2.45) is 0 Å². The lowest BCUT2D eigenvalue weighted by molar-refractivity contribution is -0.121. The summed E-state index contributed by atoms with van der Waals surface area (Å²) in [7, 11) is 0. The summed E-state index contributed by atoms with van der Waals surface area (Å²) in [6, 6.07) is 0. The van der Waals surface area contributed by atoms with E-state index in [1.165, 1.54) is 103 Å². The van der Waals surface area contributed by atoms with Crippen LogP contribution >= 0.6 is 0 Å². The van der Waals surface area contributed by atoms with Gasteiger partial charge in [0.1, 0.15) is 0 Å². The number of hydrogen-bond donors (Lipinski definition) is 1. The van der Waals surface area contributed by atoms with Crippen LogP contribution in [0.1, 0.15) is 143 Å². The molecule has 0 aliphatic carbocycles. The number of unbranched alkanes of at least 4 members (excludes halogenated alkanes) is 15. The van der Waals surface area contributed by atoms with Gasteiger partial charge < -0.3 is 10.2 Å². The van der Waals surface area contributed by atoms with Crippen LogP contribution in [0.2, 0.25) is 0 Å². The minimum atomic E-state index is 0.241. The van der Waals surface area contributed by atoms with Gasteiger partial charge in [-0.25, -0.2) is 0 Å². The van der Waals surface area contributed by atoms with Crippen LogP contribution in [0.15, 0.2) is 12.2 Å². The Kier molecular flexibility index (Phi) is 25.7. The van der Waals surface area contributed by atoms with Gasteiger partial charge in [0.25, 0.3) is 0 Å². The average Bonchev–Trinajstić information content (AvgIpc) is 2.80. The highest BCUT2D eigenvalue weighted by atomic mass is 16.1. The number of allylic oxidation sites excluding steroid dienone is 2. The first kappa shape index (κ1) is 31.2. The van der Waals surface area contributed by atoms with Crippen molar-refractivity contribution < 1.29 is 4.79 Å². The molecule has 0 spiro atoms. The smallest absolute Gasteiger partial charge is 0.219 e. The molecular weight excluding hydrogens is 392 g/mol. The van der Waals surface area contributed by atoms with Gasteiger partial charge in [0.2, 0.25) is 5.91 Å². The Morgan fingerprint density at radius 1 is 0.625 bits per heavy atom. The van der Waals surface area contributed by atoms with E-state index in [-0.39, 0.29) is 5.91 Å². The monoisotopic (exact) mass is 450 g/mol. The quantitative estimate of drug-likeness (QED) is 0.112. The molecule has 0 atom stereocenters. The highest BCUT2D eigenvalue weighted by Crippen LogP contribution is 2.12. The van der Waals surface area contributed by atoms with Gasteiger partial charge >= 0.3 is 0 Å². The van der Waals surface area contributed by atoms with E-state index in [2.05, 4.69) is 43.1 Å². The van der Waals surface area contributed by atoms with E-state index in [1.807, 2.05) is 0 Å². The zero-order valence-electron chi connectivity index (χ0n) is 22.3. The Balaban J connectivity index is 3.23. The molecule has 3 nitrogen and oxygen atoms in total. The minimum absolute atomic E-state index is 0.241. The van der Waals surface area contributed by atoms with Crippen LogP contribution in [0.25, 0.3) is 0 Å². The van der Waals surface area contributed by atoms with E-state index in [1.54, 1.807) is 0 Å².